The largest absolute Gasteiger partial charge is 0.495 e. The predicted octanol–water partition coefficient (Wildman–Crippen LogP) is 2.08. The van der Waals surface area contributed by atoms with Crippen LogP contribution in [0.15, 0.2) is 18.2 Å². The molecule has 1 aliphatic heterocycles. The lowest BCUT2D eigenvalue weighted by atomic mass is 10.1. The number of nitrogens with zero attached hydrogens (tertiary/aromatic N) is 1. The summed E-state index contributed by atoms with van der Waals surface area (Å²) < 4.78 is 10.8. The van der Waals surface area contributed by atoms with Gasteiger partial charge in [0, 0.05) is 6.61 Å². The fourth-order valence-electron chi connectivity index (χ4n) is 2.33. The Hall–Kier alpha value is -1.57. The maximum absolute atomic E-state index is 9.01. The molecule has 1 aromatic carbocycles. The number of hydrogen-bond donors (Lipinski definition) is 1. The van der Waals surface area contributed by atoms with Crippen molar-refractivity contribution >= 4 is 0 Å². The van der Waals surface area contributed by atoms with E-state index in [1.165, 1.54) is 6.42 Å². The van der Waals surface area contributed by atoms with E-state index in [2.05, 4.69) is 11.4 Å². The molecule has 1 aromatic rings. The van der Waals surface area contributed by atoms with Gasteiger partial charge in [0.25, 0.3) is 0 Å². The van der Waals surface area contributed by atoms with Crippen molar-refractivity contribution in [2.75, 3.05) is 26.8 Å². The normalized spacial score (nSPS) is 18.2. The Labute approximate surface area is 114 Å². The number of nitrogens with one attached hydrogen (secondary N) is 1. The van der Waals surface area contributed by atoms with E-state index >= 15 is 0 Å². The second-order valence-electron chi connectivity index (χ2n) is 4.85. The lowest BCUT2D eigenvalue weighted by Gasteiger charge is -2.09. The van der Waals surface area contributed by atoms with Crippen LogP contribution in [0.3, 0.4) is 0 Å². The van der Waals surface area contributed by atoms with Crippen LogP contribution >= 0.6 is 0 Å². The van der Waals surface area contributed by atoms with Crippen molar-refractivity contribution in [2.45, 2.75) is 19.4 Å². The fraction of sp³-hybridized carbons (Fsp3) is 0.533. The number of benzene rings is 1. The molecule has 1 fully saturated rings. The molecular formula is C15H20N2O2. The first-order valence-electron chi connectivity index (χ1n) is 6.69. The Kier molecular flexibility index (Phi) is 5.20. The molecule has 0 amide bonds. The molecule has 0 bridgehead atoms. The Balaban J connectivity index is 1.77. The van der Waals surface area contributed by atoms with Gasteiger partial charge in [-0.15, -0.1) is 0 Å². The van der Waals surface area contributed by atoms with Crippen LogP contribution in [-0.2, 0) is 11.3 Å². The van der Waals surface area contributed by atoms with Crippen molar-refractivity contribution < 1.29 is 9.47 Å². The van der Waals surface area contributed by atoms with E-state index < -0.39 is 0 Å². The van der Waals surface area contributed by atoms with Crippen LogP contribution in [0.25, 0.3) is 0 Å². The average Bonchev–Trinajstić information content (AvgIpc) is 2.96. The Bertz CT molecular complexity index is 448. The molecule has 1 heterocycles. The van der Waals surface area contributed by atoms with Gasteiger partial charge in [-0.25, -0.2) is 0 Å². The monoisotopic (exact) mass is 260 g/mol. The molecule has 1 N–H and O–H groups in total. The van der Waals surface area contributed by atoms with E-state index in [1.807, 2.05) is 18.2 Å². The van der Waals surface area contributed by atoms with Crippen molar-refractivity contribution in [1.29, 1.82) is 5.26 Å². The van der Waals surface area contributed by atoms with Crippen LogP contribution in [0.5, 0.6) is 5.75 Å². The first kappa shape index (κ1) is 13.9. The molecule has 2 rings (SSSR count). The van der Waals surface area contributed by atoms with Crippen LogP contribution in [0.2, 0.25) is 0 Å². The van der Waals surface area contributed by atoms with Gasteiger partial charge in [-0.05, 0) is 49.5 Å². The topological polar surface area (TPSA) is 54.3 Å². The fourth-order valence-corrected chi connectivity index (χ4v) is 2.33. The Morgan fingerprint density at radius 3 is 3.05 bits per heavy atom. The third-order valence-corrected chi connectivity index (χ3v) is 3.49. The van der Waals surface area contributed by atoms with Crippen molar-refractivity contribution in [2.24, 2.45) is 5.92 Å². The maximum Gasteiger partial charge on any atom is 0.136 e. The molecule has 4 nitrogen and oxygen atoms in total. The molecule has 0 radical (unpaired) electrons. The van der Waals surface area contributed by atoms with Gasteiger partial charge in [-0.1, -0.05) is 6.07 Å². The SMILES string of the molecule is COc1ccc(COCCC2CCNC2)cc1C#N. The summed E-state index contributed by atoms with van der Waals surface area (Å²) in [6.07, 6.45) is 2.36. The first-order chi connectivity index (χ1) is 9.33. The van der Waals surface area contributed by atoms with Gasteiger partial charge >= 0.3 is 0 Å². The van der Waals surface area contributed by atoms with E-state index in [0.717, 1.165) is 37.6 Å². The van der Waals surface area contributed by atoms with Gasteiger partial charge in [-0.2, -0.15) is 5.26 Å². The molecule has 19 heavy (non-hydrogen) atoms. The number of ether oxygens (including phenoxy) is 2. The summed E-state index contributed by atoms with van der Waals surface area (Å²) in [5, 5.41) is 12.4. The number of hydrogen-bond acceptors (Lipinski definition) is 4. The highest BCUT2D eigenvalue weighted by Gasteiger charge is 2.13. The van der Waals surface area contributed by atoms with Crippen molar-refractivity contribution in [3.63, 3.8) is 0 Å². The van der Waals surface area contributed by atoms with Crippen molar-refractivity contribution in [1.82, 2.24) is 5.32 Å². The lowest BCUT2D eigenvalue weighted by molar-refractivity contribution is 0.109. The quantitative estimate of drug-likeness (QED) is 0.796. The zero-order valence-electron chi connectivity index (χ0n) is 11.3. The molecular weight excluding hydrogens is 240 g/mol. The minimum absolute atomic E-state index is 0.554. The standard InChI is InChI=1S/C15H20N2O2/c1-18-15-3-2-13(8-14(15)9-16)11-19-7-5-12-4-6-17-10-12/h2-3,8,12,17H,4-7,10-11H2,1H3. The second kappa shape index (κ2) is 7.13. The molecule has 0 aliphatic carbocycles. The zero-order chi connectivity index (χ0) is 13.5. The zero-order valence-corrected chi connectivity index (χ0v) is 11.3. The van der Waals surface area contributed by atoms with Crippen LogP contribution in [0, 0.1) is 17.2 Å². The van der Waals surface area contributed by atoms with Gasteiger partial charge in [0.1, 0.15) is 11.8 Å². The summed E-state index contributed by atoms with van der Waals surface area (Å²) in [6, 6.07) is 7.72. The summed E-state index contributed by atoms with van der Waals surface area (Å²) >= 11 is 0. The summed E-state index contributed by atoms with van der Waals surface area (Å²) in [6.45, 7) is 3.58. The van der Waals surface area contributed by atoms with Crippen LogP contribution in [0.4, 0.5) is 0 Å². The Morgan fingerprint density at radius 2 is 2.37 bits per heavy atom. The summed E-state index contributed by atoms with van der Waals surface area (Å²) in [5.74, 6) is 1.37. The highest BCUT2D eigenvalue weighted by molar-refractivity contribution is 5.45. The molecule has 1 atom stereocenters. The highest BCUT2D eigenvalue weighted by Crippen LogP contribution is 2.19. The number of methoxy groups -OCH3 is 1. The van der Waals surface area contributed by atoms with Gasteiger partial charge in [0.05, 0.1) is 19.3 Å². The highest BCUT2D eigenvalue weighted by atomic mass is 16.5. The second-order valence-corrected chi connectivity index (χ2v) is 4.85. The van der Waals surface area contributed by atoms with Gasteiger partial charge in [0.15, 0.2) is 0 Å². The molecule has 0 saturated carbocycles. The van der Waals surface area contributed by atoms with E-state index in [9.17, 15) is 0 Å². The average molecular weight is 260 g/mol. The summed E-state index contributed by atoms with van der Waals surface area (Å²) in [5.41, 5.74) is 1.57. The van der Waals surface area contributed by atoms with Gasteiger partial charge in [-0.3, -0.25) is 0 Å². The van der Waals surface area contributed by atoms with E-state index in [1.54, 1.807) is 7.11 Å². The molecule has 4 heteroatoms. The summed E-state index contributed by atoms with van der Waals surface area (Å²) in [7, 11) is 1.57. The van der Waals surface area contributed by atoms with Gasteiger partial charge in [0.2, 0.25) is 0 Å². The van der Waals surface area contributed by atoms with E-state index in [-0.39, 0.29) is 0 Å². The third-order valence-electron chi connectivity index (χ3n) is 3.49. The molecule has 1 aliphatic rings. The predicted molar refractivity (Wildman–Crippen MR) is 73.0 cm³/mol. The van der Waals surface area contributed by atoms with E-state index in [0.29, 0.717) is 17.9 Å². The smallest absolute Gasteiger partial charge is 0.136 e. The minimum Gasteiger partial charge on any atom is -0.495 e. The van der Waals surface area contributed by atoms with Crippen LogP contribution < -0.4 is 10.1 Å². The van der Waals surface area contributed by atoms with Crippen LogP contribution in [0.1, 0.15) is 24.0 Å². The maximum atomic E-state index is 9.01. The molecule has 0 spiro atoms. The minimum atomic E-state index is 0.554. The van der Waals surface area contributed by atoms with Crippen molar-refractivity contribution in [3.05, 3.63) is 29.3 Å². The van der Waals surface area contributed by atoms with Crippen molar-refractivity contribution in [3.8, 4) is 11.8 Å². The number of rotatable bonds is 6. The third kappa shape index (κ3) is 3.95. The number of nitriles is 1. The molecule has 1 saturated heterocycles. The first-order valence-corrected chi connectivity index (χ1v) is 6.69. The van der Waals surface area contributed by atoms with E-state index in [4.69, 9.17) is 14.7 Å². The lowest BCUT2D eigenvalue weighted by Crippen LogP contribution is -2.10. The Morgan fingerprint density at radius 1 is 1.47 bits per heavy atom. The molecule has 102 valence electrons. The van der Waals surface area contributed by atoms with Crippen LogP contribution in [-0.4, -0.2) is 26.8 Å². The molecule has 0 aromatic heterocycles. The summed E-state index contributed by atoms with van der Waals surface area (Å²) in [4.78, 5) is 0. The molecule has 1 unspecified atom stereocenters. The van der Waals surface area contributed by atoms with Gasteiger partial charge < -0.3 is 14.8 Å².